The van der Waals surface area contributed by atoms with Gasteiger partial charge in [-0.1, -0.05) is 12.1 Å². The second-order valence-corrected chi connectivity index (χ2v) is 6.92. The fourth-order valence-corrected chi connectivity index (χ4v) is 3.14. The van der Waals surface area contributed by atoms with Crippen molar-refractivity contribution in [1.82, 2.24) is 15.5 Å². The highest BCUT2D eigenvalue weighted by Gasteiger charge is 2.34. The number of amides is 3. The maximum Gasteiger partial charge on any atom is 0.251 e. The van der Waals surface area contributed by atoms with E-state index in [2.05, 4.69) is 10.6 Å². The summed E-state index contributed by atoms with van der Waals surface area (Å²) in [6.07, 6.45) is 6.91. The number of hydrogen-bond acceptors (Lipinski definition) is 3. The van der Waals surface area contributed by atoms with Crippen LogP contribution >= 0.6 is 0 Å². The number of hydrogen-bond donors (Lipinski definition) is 2. The van der Waals surface area contributed by atoms with E-state index in [-0.39, 0.29) is 29.7 Å². The molecule has 2 N–H and O–H groups in total. The molecule has 0 radical (unpaired) electrons. The molecule has 2 aliphatic rings. The second-order valence-electron chi connectivity index (χ2n) is 6.92. The highest BCUT2D eigenvalue weighted by molar-refractivity contribution is 5.95. The van der Waals surface area contributed by atoms with Gasteiger partial charge in [-0.2, -0.15) is 0 Å². The van der Waals surface area contributed by atoms with Crippen LogP contribution in [0.1, 0.15) is 41.6 Å². The third-order valence-corrected chi connectivity index (χ3v) is 4.91. The lowest BCUT2D eigenvalue weighted by Gasteiger charge is -2.32. The van der Waals surface area contributed by atoms with E-state index in [0.717, 1.165) is 44.3 Å². The average Bonchev–Trinajstić information content (AvgIpc) is 3.51. The van der Waals surface area contributed by atoms with Crippen LogP contribution in [-0.4, -0.2) is 48.8 Å². The Morgan fingerprint density at radius 1 is 1.04 bits per heavy atom. The monoisotopic (exact) mass is 355 g/mol. The van der Waals surface area contributed by atoms with Crippen molar-refractivity contribution >= 4 is 23.8 Å². The van der Waals surface area contributed by atoms with Crippen molar-refractivity contribution in [2.75, 3.05) is 20.1 Å². The van der Waals surface area contributed by atoms with Crippen molar-refractivity contribution in [2.45, 2.75) is 31.7 Å². The molecule has 1 aliphatic heterocycles. The van der Waals surface area contributed by atoms with Gasteiger partial charge in [0.25, 0.3) is 5.91 Å². The van der Waals surface area contributed by atoms with Gasteiger partial charge in [0, 0.05) is 43.7 Å². The zero-order chi connectivity index (χ0) is 18.5. The number of piperidine rings is 1. The van der Waals surface area contributed by atoms with E-state index >= 15 is 0 Å². The van der Waals surface area contributed by atoms with Crippen LogP contribution in [0.3, 0.4) is 0 Å². The van der Waals surface area contributed by atoms with E-state index in [1.54, 1.807) is 37.4 Å². The normalized spacial score (nSPS) is 18.0. The van der Waals surface area contributed by atoms with Crippen molar-refractivity contribution < 1.29 is 14.4 Å². The van der Waals surface area contributed by atoms with Gasteiger partial charge in [0.15, 0.2) is 0 Å². The van der Waals surface area contributed by atoms with Gasteiger partial charge in [0.1, 0.15) is 0 Å². The van der Waals surface area contributed by atoms with E-state index < -0.39 is 0 Å². The Bertz CT molecular complexity index is 700. The molecule has 1 saturated heterocycles. The molecule has 1 heterocycles. The fraction of sp³-hybridized carbons (Fsp3) is 0.450. The molecular weight excluding hydrogens is 330 g/mol. The molecule has 1 saturated carbocycles. The minimum atomic E-state index is -0.134. The topological polar surface area (TPSA) is 78.5 Å². The summed E-state index contributed by atoms with van der Waals surface area (Å²) in [5.74, 6) is 0.283. The molecule has 3 amide bonds. The molecule has 0 aromatic heterocycles. The Hall–Kier alpha value is -2.63. The minimum Gasteiger partial charge on any atom is -0.355 e. The molecule has 26 heavy (non-hydrogen) atoms. The Morgan fingerprint density at radius 2 is 1.69 bits per heavy atom. The van der Waals surface area contributed by atoms with E-state index in [9.17, 15) is 14.4 Å². The molecule has 1 aromatic rings. The van der Waals surface area contributed by atoms with Crippen molar-refractivity contribution in [3.05, 3.63) is 41.5 Å². The first-order valence-electron chi connectivity index (χ1n) is 9.16. The zero-order valence-corrected chi connectivity index (χ0v) is 15.0. The fourth-order valence-electron chi connectivity index (χ4n) is 3.14. The summed E-state index contributed by atoms with van der Waals surface area (Å²) in [7, 11) is 1.59. The number of carbonyl (C=O) groups excluding carboxylic acids is 3. The third kappa shape index (κ3) is 4.71. The molecule has 6 nitrogen and oxygen atoms in total. The first-order valence-corrected chi connectivity index (χ1v) is 9.16. The lowest BCUT2D eigenvalue weighted by Crippen LogP contribution is -2.46. The van der Waals surface area contributed by atoms with Crippen LogP contribution in [0.2, 0.25) is 0 Å². The molecule has 0 spiro atoms. The van der Waals surface area contributed by atoms with Crippen LogP contribution in [0.4, 0.5) is 0 Å². The van der Waals surface area contributed by atoms with Gasteiger partial charge in [0.2, 0.25) is 11.8 Å². The van der Waals surface area contributed by atoms with Crippen LogP contribution < -0.4 is 10.6 Å². The van der Waals surface area contributed by atoms with Crippen LogP contribution in [-0.2, 0) is 9.59 Å². The summed E-state index contributed by atoms with van der Waals surface area (Å²) in [5.41, 5.74) is 1.44. The largest absolute Gasteiger partial charge is 0.355 e. The molecule has 1 aromatic carbocycles. The number of nitrogens with zero attached hydrogens (tertiary/aromatic N) is 1. The van der Waals surface area contributed by atoms with E-state index in [1.165, 1.54) is 6.08 Å². The summed E-state index contributed by atoms with van der Waals surface area (Å²) in [5, 5.41) is 5.57. The lowest BCUT2D eigenvalue weighted by molar-refractivity contribution is -0.133. The molecule has 3 rings (SSSR count). The van der Waals surface area contributed by atoms with E-state index in [1.807, 2.05) is 4.90 Å². The van der Waals surface area contributed by atoms with Crippen LogP contribution in [0.25, 0.3) is 6.08 Å². The minimum absolute atomic E-state index is 0.117. The number of likely N-dealkylation sites (tertiary alicyclic amines) is 1. The van der Waals surface area contributed by atoms with Crippen molar-refractivity contribution in [2.24, 2.45) is 5.92 Å². The highest BCUT2D eigenvalue weighted by atomic mass is 16.2. The van der Waals surface area contributed by atoms with Crippen molar-refractivity contribution in [1.29, 1.82) is 0 Å². The molecule has 138 valence electrons. The summed E-state index contributed by atoms with van der Waals surface area (Å²) in [6.45, 7) is 1.45. The molecular formula is C20H25N3O3. The van der Waals surface area contributed by atoms with E-state index in [4.69, 9.17) is 0 Å². The Labute approximate surface area is 153 Å². The van der Waals surface area contributed by atoms with Gasteiger partial charge in [-0.05, 0) is 49.5 Å². The summed E-state index contributed by atoms with van der Waals surface area (Å²) in [6, 6.07) is 7.17. The lowest BCUT2D eigenvalue weighted by atomic mass is 10.0. The molecule has 0 atom stereocenters. The van der Waals surface area contributed by atoms with E-state index in [0.29, 0.717) is 5.56 Å². The first-order chi connectivity index (χ1) is 12.6. The van der Waals surface area contributed by atoms with Gasteiger partial charge in [-0.15, -0.1) is 0 Å². The standard InChI is InChI=1S/C20H25N3O3/c1-21-19(25)15-5-2-14(3-6-15)4-9-18(24)22-17-10-12-23(13-11-17)20(26)16-7-8-16/h2-6,9,16-17H,7-8,10-13H2,1H3,(H,21,25)(H,22,24)/b9-4+. The smallest absolute Gasteiger partial charge is 0.251 e. The van der Waals surface area contributed by atoms with Gasteiger partial charge < -0.3 is 15.5 Å². The summed E-state index contributed by atoms with van der Waals surface area (Å²) in [4.78, 5) is 37.6. The number of carbonyl (C=O) groups is 3. The van der Waals surface area contributed by atoms with Crippen molar-refractivity contribution in [3.63, 3.8) is 0 Å². The second kappa shape index (κ2) is 8.17. The Morgan fingerprint density at radius 3 is 2.27 bits per heavy atom. The highest BCUT2D eigenvalue weighted by Crippen LogP contribution is 2.31. The zero-order valence-electron chi connectivity index (χ0n) is 15.0. The molecule has 0 bridgehead atoms. The Balaban J connectivity index is 1.44. The maximum absolute atomic E-state index is 12.1. The molecule has 6 heteroatoms. The van der Waals surface area contributed by atoms with Crippen molar-refractivity contribution in [3.8, 4) is 0 Å². The maximum atomic E-state index is 12.1. The number of rotatable bonds is 5. The van der Waals surface area contributed by atoms with Gasteiger partial charge in [-0.3, -0.25) is 14.4 Å². The van der Waals surface area contributed by atoms with Gasteiger partial charge in [-0.25, -0.2) is 0 Å². The molecule has 0 unspecified atom stereocenters. The third-order valence-electron chi connectivity index (χ3n) is 4.91. The van der Waals surface area contributed by atoms with Gasteiger partial charge >= 0.3 is 0 Å². The summed E-state index contributed by atoms with van der Waals surface area (Å²) < 4.78 is 0. The average molecular weight is 355 g/mol. The predicted octanol–water partition coefficient (Wildman–Crippen LogP) is 1.58. The van der Waals surface area contributed by atoms with Crippen LogP contribution in [0.5, 0.6) is 0 Å². The first kappa shape index (κ1) is 18.2. The quantitative estimate of drug-likeness (QED) is 0.787. The molecule has 1 aliphatic carbocycles. The molecule has 2 fully saturated rings. The van der Waals surface area contributed by atoms with Crippen LogP contribution in [0, 0.1) is 5.92 Å². The predicted molar refractivity (Wildman–Crippen MR) is 99.3 cm³/mol. The Kier molecular flexibility index (Phi) is 5.71. The van der Waals surface area contributed by atoms with Crippen LogP contribution in [0.15, 0.2) is 30.3 Å². The number of nitrogens with one attached hydrogen (secondary N) is 2. The summed E-state index contributed by atoms with van der Waals surface area (Å²) >= 11 is 0. The SMILES string of the molecule is CNC(=O)c1ccc(/C=C/C(=O)NC2CCN(C(=O)C3CC3)CC2)cc1. The van der Waals surface area contributed by atoms with Gasteiger partial charge in [0.05, 0.1) is 0 Å². The number of benzene rings is 1.